The zero-order valence-electron chi connectivity index (χ0n) is 19.2. The van der Waals surface area contributed by atoms with Crippen LogP contribution < -0.4 is 10.6 Å². The number of fused-ring (bicyclic) bond motifs is 2. The highest BCUT2D eigenvalue weighted by Gasteiger charge is 2.35. The van der Waals surface area contributed by atoms with Gasteiger partial charge in [-0.05, 0) is 24.6 Å². The third-order valence-electron chi connectivity index (χ3n) is 6.34. The van der Waals surface area contributed by atoms with Crippen molar-refractivity contribution in [1.29, 1.82) is 0 Å². The first kappa shape index (κ1) is 22.5. The van der Waals surface area contributed by atoms with Gasteiger partial charge in [-0.2, -0.15) is 5.10 Å². The molecule has 4 heterocycles. The SMILES string of the molecule is CC(C)NCC(C(=O)N1Cc2cn(-c3ncnc4c3[C@@H](C)C(=O)N4)nc2C1)c1ccc(Cl)cc1. The van der Waals surface area contributed by atoms with Gasteiger partial charge in [-0.1, -0.05) is 37.6 Å². The van der Waals surface area contributed by atoms with Crippen LogP contribution in [0, 0.1) is 0 Å². The molecule has 10 heteroatoms. The lowest BCUT2D eigenvalue weighted by Crippen LogP contribution is -2.38. The molecule has 2 aliphatic heterocycles. The summed E-state index contributed by atoms with van der Waals surface area (Å²) in [5.74, 6) is 0.389. The molecule has 34 heavy (non-hydrogen) atoms. The van der Waals surface area contributed by atoms with Gasteiger partial charge in [-0.15, -0.1) is 0 Å². The van der Waals surface area contributed by atoms with Crippen LogP contribution in [0.25, 0.3) is 5.82 Å². The number of nitrogens with zero attached hydrogens (tertiary/aromatic N) is 5. The third-order valence-corrected chi connectivity index (χ3v) is 6.59. The van der Waals surface area contributed by atoms with Gasteiger partial charge in [0.2, 0.25) is 11.8 Å². The van der Waals surface area contributed by atoms with Gasteiger partial charge in [-0.25, -0.2) is 14.6 Å². The standard InChI is InChI=1S/C24H26ClN7O2/c1-13(2)26-8-18(15-4-6-17(25)7-5-15)24(34)31-9-16-10-32(30-19(16)11-31)22-20-14(3)23(33)29-21(20)27-12-28-22/h4-7,10,12-14,18,26H,8-9,11H2,1-3H3,(H,27,28,29,33)/t14-,18?/m1/s1. The highest BCUT2D eigenvalue weighted by atomic mass is 35.5. The number of carbonyl (C=O) groups is 2. The Morgan fingerprint density at radius 1 is 1.24 bits per heavy atom. The van der Waals surface area contributed by atoms with Crippen LogP contribution in [0.15, 0.2) is 36.8 Å². The monoisotopic (exact) mass is 479 g/mol. The molecule has 0 fully saturated rings. The fourth-order valence-electron chi connectivity index (χ4n) is 4.46. The van der Waals surface area contributed by atoms with E-state index >= 15 is 0 Å². The Balaban J connectivity index is 1.37. The van der Waals surface area contributed by atoms with Gasteiger partial charge < -0.3 is 15.5 Å². The Kier molecular flexibility index (Phi) is 5.83. The van der Waals surface area contributed by atoms with Crippen LogP contribution >= 0.6 is 11.6 Å². The van der Waals surface area contributed by atoms with Crippen molar-refractivity contribution in [1.82, 2.24) is 30.0 Å². The summed E-state index contributed by atoms with van der Waals surface area (Å²) in [7, 11) is 0. The molecular formula is C24H26ClN7O2. The molecule has 2 aliphatic rings. The molecule has 9 nitrogen and oxygen atoms in total. The Morgan fingerprint density at radius 2 is 2.00 bits per heavy atom. The van der Waals surface area contributed by atoms with Crippen molar-refractivity contribution in [2.75, 3.05) is 11.9 Å². The maximum Gasteiger partial charge on any atom is 0.233 e. The third kappa shape index (κ3) is 4.05. The van der Waals surface area contributed by atoms with Crippen molar-refractivity contribution in [3.05, 3.63) is 64.2 Å². The Morgan fingerprint density at radius 3 is 2.71 bits per heavy atom. The molecule has 5 rings (SSSR count). The highest BCUT2D eigenvalue weighted by molar-refractivity contribution is 6.30. The molecule has 176 valence electrons. The van der Waals surface area contributed by atoms with Crippen molar-refractivity contribution in [2.24, 2.45) is 0 Å². The predicted octanol–water partition coefficient (Wildman–Crippen LogP) is 3.00. The summed E-state index contributed by atoms with van der Waals surface area (Å²) in [5.41, 5.74) is 3.47. The van der Waals surface area contributed by atoms with E-state index in [1.165, 1.54) is 6.33 Å². The highest BCUT2D eigenvalue weighted by Crippen LogP contribution is 2.35. The van der Waals surface area contributed by atoms with Crippen molar-refractivity contribution in [3.63, 3.8) is 0 Å². The minimum Gasteiger partial charge on any atom is -0.332 e. The number of nitrogens with one attached hydrogen (secondary N) is 2. The first-order valence-electron chi connectivity index (χ1n) is 11.3. The molecule has 2 amide bonds. The largest absolute Gasteiger partial charge is 0.332 e. The summed E-state index contributed by atoms with van der Waals surface area (Å²) < 4.78 is 1.70. The maximum atomic E-state index is 13.5. The molecule has 1 aromatic carbocycles. The van der Waals surface area contributed by atoms with E-state index in [-0.39, 0.29) is 29.7 Å². The van der Waals surface area contributed by atoms with Gasteiger partial charge in [0, 0.05) is 35.9 Å². The van der Waals surface area contributed by atoms with E-state index in [2.05, 4.69) is 34.4 Å². The fourth-order valence-corrected chi connectivity index (χ4v) is 4.58. The van der Waals surface area contributed by atoms with Crippen molar-refractivity contribution in [3.8, 4) is 5.82 Å². The average molecular weight is 480 g/mol. The zero-order chi connectivity index (χ0) is 24.0. The molecule has 2 atom stereocenters. The number of carbonyl (C=O) groups excluding carboxylic acids is 2. The van der Waals surface area contributed by atoms with Gasteiger partial charge in [0.1, 0.15) is 12.1 Å². The first-order chi connectivity index (χ1) is 16.3. The number of halogens is 1. The first-order valence-corrected chi connectivity index (χ1v) is 11.7. The molecule has 0 radical (unpaired) electrons. The normalized spacial score (nSPS) is 17.6. The summed E-state index contributed by atoms with van der Waals surface area (Å²) in [5, 5.41) is 11.5. The van der Waals surface area contributed by atoms with E-state index in [0.29, 0.717) is 36.3 Å². The number of hydrogen-bond donors (Lipinski definition) is 2. The van der Waals surface area contributed by atoms with Gasteiger partial charge in [0.15, 0.2) is 5.82 Å². The summed E-state index contributed by atoms with van der Waals surface area (Å²) in [6.07, 6.45) is 3.32. The van der Waals surface area contributed by atoms with Crippen molar-refractivity contribution < 1.29 is 9.59 Å². The number of benzene rings is 1. The average Bonchev–Trinajstić information content (AvgIpc) is 3.46. The molecular weight excluding hydrogens is 454 g/mol. The molecule has 0 bridgehead atoms. The lowest BCUT2D eigenvalue weighted by molar-refractivity contribution is -0.133. The summed E-state index contributed by atoms with van der Waals surface area (Å²) in [4.78, 5) is 36.0. The summed E-state index contributed by atoms with van der Waals surface area (Å²) in [6, 6.07) is 7.72. The summed E-state index contributed by atoms with van der Waals surface area (Å²) >= 11 is 6.06. The van der Waals surface area contributed by atoms with Crippen LogP contribution in [-0.2, 0) is 22.7 Å². The van der Waals surface area contributed by atoms with E-state index in [1.807, 2.05) is 42.3 Å². The number of amides is 2. The molecule has 3 aromatic rings. The number of hydrogen-bond acceptors (Lipinski definition) is 6. The number of aromatic nitrogens is 4. The smallest absolute Gasteiger partial charge is 0.233 e. The second kappa shape index (κ2) is 8.81. The zero-order valence-corrected chi connectivity index (χ0v) is 20.0. The van der Waals surface area contributed by atoms with Crippen LogP contribution in [0.2, 0.25) is 5.02 Å². The van der Waals surface area contributed by atoms with E-state index in [9.17, 15) is 9.59 Å². The van der Waals surface area contributed by atoms with Crippen LogP contribution in [-0.4, -0.2) is 49.0 Å². The lowest BCUT2D eigenvalue weighted by Gasteiger charge is -2.25. The van der Waals surface area contributed by atoms with Crippen molar-refractivity contribution in [2.45, 2.75) is 51.7 Å². The second-order valence-corrected chi connectivity index (χ2v) is 9.51. The Hall–Kier alpha value is -3.30. The van der Waals surface area contributed by atoms with E-state index < -0.39 is 0 Å². The fraction of sp³-hybridized carbons (Fsp3) is 0.375. The molecule has 2 aromatic heterocycles. The summed E-state index contributed by atoms with van der Waals surface area (Å²) in [6.45, 7) is 7.39. The van der Waals surface area contributed by atoms with Crippen LogP contribution in [0.3, 0.4) is 0 Å². The van der Waals surface area contributed by atoms with Crippen LogP contribution in [0.5, 0.6) is 0 Å². The maximum absolute atomic E-state index is 13.5. The van der Waals surface area contributed by atoms with Gasteiger partial charge in [-0.3, -0.25) is 9.59 Å². The molecule has 2 N–H and O–H groups in total. The van der Waals surface area contributed by atoms with E-state index in [4.69, 9.17) is 16.7 Å². The molecule has 0 saturated carbocycles. The predicted molar refractivity (Wildman–Crippen MR) is 128 cm³/mol. The quantitative estimate of drug-likeness (QED) is 0.563. The van der Waals surface area contributed by atoms with Gasteiger partial charge >= 0.3 is 0 Å². The molecule has 0 saturated heterocycles. The van der Waals surface area contributed by atoms with Crippen LogP contribution in [0.1, 0.15) is 55.0 Å². The minimum absolute atomic E-state index is 0.0476. The topological polar surface area (TPSA) is 105 Å². The minimum atomic E-state index is -0.350. The number of rotatable bonds is 6. The molecule has 1 unspecified atom stereocenters. The van der Waals surface area contributed by atoms with Crippen LogP contribution in [0.4, 0.5) is 5.82 Å². The molecule has 0 aliphatic carbocycles. The Labute approximate surface area is 202 Å². The van der Waals surface area contributed by atoms with E-state index in [0.717, 1.165) is 22.4 Å². The lowest BCUT2D eigenvalue weighted by atomic mass is 9.97. The number of anilines is 1. The Bertz CT molecular complexity index is 1230. The van der Waals surface area contributed by atoms with Crippen molar-refractivity contribution >= 4 is 29.2 Å². The van der Waals surface area contributed by atoms with Gasteiger partial charge in [0.25, 0.3) is 0 Å². The molecule has 0 spiro atoms. The van der Waals surface area contributed by atoms with Gasteiger partial charge in [0.05, 0.1) is 29.6 Å². The van der Waals surface area contributed by atoms with E-state index in [1.54, 1.807) is 4.68 Å². The second-order valence-electron chi connectivity index (χ2n) is 9.08.